The molecule has 1 aromatic carbocycles. The van der Waals surface area contributed by atoms with Gasteiger partial charge in [-0.05, 0) is 43.7 Å². The van der Waals surface area contributed by atoms with Gasteiger partial charge in [-0.25, -0.2) is 0 Å². The van der Waals surface area contributed by atoms with Gasteiger partial charge in [-0.2, -0.15) is 0 Å². The number of anilines is 1. The van der Waals surface area contributed by atoms with Crippen LogP contribution in [0.25, 0.3) is 0 Å². The van der Waals surface area contributed by atoms with Crippen molar-refractivity contribution >= 4 is 17.5 Å². The van der Waals surface area contributed by atoms with Crippen molar-refractivity contribution in [3.05, 3.63) is 29.8 Å². The number of hydrogen-bond donors (Lipinski definition) is 2. The van der Waals surface area contributed by atoms with Crippen molar-refractivity contribution in [3.63, 3.8) is 0 Å². The maximum atomic E-state index is 12.6. The molecule has 0 aromatic heterocycles. The molecule has 2 fully saturated rings. The summed E-state index contributed by atoms with van der Waals surface area (Å²) in [7, 11) is 1.71. The lowest BCUT2D eigenvalue weighted by atomic mass is 9.94. The van der Waals surface area contributed by atoms with Crippen molar-refractivity contribution in [1.29, 1.82) is 0 Å². The molecule has 1 aliphatic heterocycles. The van der Waals surface area contributed by atoms with E-state index in [1.165, 1.54) is 0 Å². The van der Waals surface area contributed by atoms with Gasteiger partial charge in [0.25, 0.3) is 5.91 Å². The zero-order chi connectivity index (χ0) is 17.8. The average molecular weight is 346 g/mol. The fourth-order valence-corrected chi connectivity index (χ4v) is 3.24. The minimum Gasteiger partial charge on any atom is -0.391 e. The number of hydrogen-bond acceptors (Lipinski definition) is 4. The number of carbonyl (C=O) groups is 2. The van der Waals surface area contributed by atoms with Crippen molar-refractivity contribution < 1.29 is 19.4 Å². The van der Waals surface area contributed by atoms with E-state index < -0.39 is 6.10 Å². The Morgan fingerprint density at radius 1 is 1.24 bits per heavy atom. The molecule has 1 saturated heterocycles. The smallest absolute Gasteiger partial charge is 0.253 e. The third-order valence-corrected chi connectivity index (χ3v) is 5.05. The topological polar surface area (TPSA) is 78.9 Å². The number of rotatable bonds is 6. The van der Waals surface area contributed by atoms with Gasteiger partial charge in [-0.1, -0.05) is 12.1 Å². The molecule has 1 heterocycles. The van der Waals surface area contributed by atoms with Crippen LogP contribution in [0, 0.1) is 11.8 Å². The zero-order valence-corrected chi connectivity index (χ0v) is 14.6. The number of ether oxygens (including phenoxy) is 1. The summed E-state index contributed by atoms with van der Waals surface area (Å²) in [5.41, 5.74) is 1.07. The standard InChI is InChI=1S/C19H26N2O4/c1-21(19(24)14-6-7-14)16-5-3-2-4-15(16)18(23)20-12-17(22)13-8-10-25-11-9-13/h2-5,13-14,17,22H,6-12H2,1H3,(H,20,23). The molecule has 0 radical (unpaired) electrons. The second kappa shape index (κ2) is 7.97. The van der Waals surface area contributed by atoms with E-state index in [2.05, 4.69) is 5.32 Å². The molecule has 0 bridgehead atoms. The van der Waals surface area contributed by atoms with Crippen molar-refractivity contribution in [2.24, 2.45) is 11.8 Å². The fraction of sp³-hybridized carbons (Fsp3) is 0.579. The van der Waals surface area contributed by atoms with Crippen LogP contribution < -0.4 is 10.2 Å². The highest BCUT2D eigenvalue weighted by atomic mass is 16.5. The first-order valence-corrected chi connectivity index (χ1v) is 8.98. The number of nitrogens with zero attached hydrogens (tertiary/aromatic N) is 1. The van der Waals surface area contributed by atoms with Gasteiger partial charge in [0.15, 0.2) is 0 Å². The molecule has 1 aliphatic carbocycles. The first kappa shape index (κ1) is 17.9. The predicted octanol–water partition coefficient (Wildman–Crippen LogP) is 1.58. The second-order valence-corrected chi connectivity index (χ2v) is 6.92. The minimum absolute atomic E-state index is 0.0579. The number of aliphatic hydroxyl groups excluding tert-OH is 1. The molecule has 1 unspecified atom stereocenters. The van der Waals surface area contributed by atoms with E-state index in [4.69, 9.17) is 4.74 Å². The highest BCUT2D eigenvalue weighted by molar-refractivity contribution is 6.05. The molecule has 1 saturated carbocycles. The quantitative estimate of drug-likeness (QED) is 0.820. The van der Waals surface area contributed by atoms with Crippen molar-refractivity contribution in [2.45, 2.75) is 31.8 Å². The lowest BCUT2D eigenvalue weighted by Gasteiger charge is -2.27. The van der Waals surface area contributed by atoms with Gasteiger partial charge < -0.3 is 20.1 Å². The second-order valence-electron chi connectivity index (χ2n) is 6.92. The van der Waals surface area contributed by atoms with E-state index in [0.717, 1.165) is 25.7 Å². The Hall–Kier alpha value is -1.92. The summed E-state index contributed by atoms with van der Waals surface area (Å²) in [6.45, 7) is 1.53. The summed E-state index contributed by atoms with van der Waals surface area (Å²) in [4.78, 5) is 26.4. The highest BCUT2D eigenvalue weighted by Crippen LogP contribution is 2.33. The van der Waals surface area contributed by atoms with Crippen molar-refractivity contribution in [1.82, 2.24) is 5.32 Å². The Morgan fingerprint density at radius 2 is 1.92 bits per heavy atom. The number of aliphatic hydroxyl groups is 1. The summed E-state index contributed by atoms with van der Waals surface area (Å²) in [5, 5.41) is 13.1. The largest absolute Gasteiger partial charge is 0.391 e. The number of nitrogens with one attached hydrogen (secondary N) is 1. The van der Waals surface area contributed by atoms with E-state index in [9.17, 15) is 14.7 Å². The van der Waals surface area contributed by atoms with Crippen LogP contribution in [0.1, 0.15) is 36.0 Å². The van der Waals surface area contributed by atoms with Crippen LogP contribution in [0.15, 0.2) is 24.3 Å². The van der Waals surface area contributed by atoms with Crippen LogP contribution in [-0.2, 0) is 9.53 Å². The molecule has 136 valence electrons. The first-order chi connectivity index (χ1) is 12.1. The highest BCUT2D eigenvalue weighted by Gasteiger charge is 2.33. The third kappa shape index (κ3) is 4.38. The molecule has 2 aliphatic rings. The Morgan fingerprint density at radius 3 is 2.60 bits per heavy atom. The summed E-state index contributed by atoms with van der Waals surface area (Å²) in [5.74, 6) is 0.0412. The van der Waals surface area contributed by atoms with Gasteiger partial charge in [0.05, 0.1) is 17.4 Å². The predicted molar refractivity (Wildman–Crippen MR) is 94.5 cm³/mol. The Kier molecular flexibility index (Phi) is 5.71. The molecular weight excluding hydrogens is 320 g/mol. The van der Waals surface area contributed by atoms with Crippen LogP contribution in [0.5, 0.6) is 0 Å². The maximum Gasteiger partial charge on any atom is 0.253 e. The first-order valence-electron chi connectivity index (χ1n) is 8.98. The number of carbonyl (C=O) groups excluding carboxylic acids is 2. The van der Waals surface area contributed by atoms with Gasteiger partial charge in [0, 0.05) is 32.7 Å². The fourth-order valence-electron chi connectivity index (χ4n) is 3.24. The molecule has 2 N–H and O–H groups in total. The molecule has 6 heteroatoms. The van der Waals surface area contributed by atoms with Crippen LogP contribution in [-0.4, -0.2) is 49.8 Å². The van der Waals surface area contributed by atoms with Gasteiger partial charge >= 0.3 is 0 Å². The zero-order valence-electron chi connectivity index (χ0n) is 14.6. The van der Waals surface area contributed by atoms with Crippen molar-refractivity contribution in [3.8, 4) is 0 Å². The van der Waals surface area contributed by atoms with E-state index in [1.807, 2.05) is 6.07 Å². The Labute approximate surface area is 148 Å². The lowest BCUT2D eigenvalue weighted by molar-refractivity contribution is -0.119. The summed E-state index contributed by atoms with van der Waals surface area (Å²) in [6, 6.07) is 7.09. The van der Waals surface area contributed by atoms with E-state index >= 15 is 0 Å². The summed E-state index contributed by atoms with van der Waals surface area (Å²) >= 11 is 0. The monoisotopic (exact) mass is 346 g/mol. The number of amides is 2. The minimum atomic E-state index is -0.578. The van der Waals surface area contributed by atoms with Crippen LogP contribution in [0.4, 0.5) is 5.69 Å². The molecule has 1 aromatic rings. The molecule has 2 amide bonds. The Bertz CT molecular complexity index is 624. The number of para-hydroxylation sites is 1. The lowest BCUT2D eigenvalue weighted by Crippen LogP contribution is -2.39. The normalized spacial score (nSPS) is 19.3. The molecule has 1 atom stereocenters. The molecular formula is C19H26N2O4. The molecule has 0 spiro atoms. The van der Waals surface area contributed by atoms with E-state index in [-0.39, 0.29) is 30.2 Å². The molecule has 6 nitrogen and oxygen atoms in total. The van der Waals surface area contributed by atoms with Crippen LogP contribution in [0.3, 0.4) is 0 Å². The van der Waals surface area contributed by atoms with Crippen LogP contribution >= 0.6 is 0 Å². The van der Waals surface area contributed by atoms with E-state index in [1.54, 1.807) is 30.1 Å². The van der Waals surface area contributed by atoms with E-state index in [0.29, 0.717) is 24.5 Å². The van der Waals surface area contributed by atoms with Gasteiger partial charge in [-0.15, -0.1) is 0 Å². The molecule has 3 rings (SSSR count). The molecule has 25 heavy (non-hydrogen) atoms. The maximum absolute atomic E-state index is 12.6. The summed E-state index contributed by atoms with van der Waals surface area (Å²) in [6.07, 6.45) is 2.90. The van der Waals surface area contributed by atoms with Crippen molar-refractivity contribution in [2.75, 3.05) is 31.7 Å². The van der Waals surface area contributed by atoms with Gasteiger partial charge in [0.1, 0.15) is 0 Å². The van der Waals surface area contributed by atoms with Gasteiger partial charge in [0.2, 0.25) is 5.91 Å². The summed E-state index contributed by atoms with van der Waals surface area (Å²) < 4.78 is 5.30. The SMILES string of the molecule is CN(C(=O)C1CC1)c1ccccc1C(=O)NCC(O)C1CCOCC1. The Balaban J connectivity index is 1.62. The van der Waals surface area contributed by atoms with Crippen LogP contribution in [0.2, 0.25) is 0 Å². The number of benzene rings is 1. The average Bonchev–Trinajstić information content (AvgIpc) is 3.50. The van der Waals surface area contributed by atoms with Gasteiger partial charge in [-0.3, -0.25) is 9.59 Å². The third-order valence-electron chi connectivity index (χ3n) is 5.05.